The van der Waals surface area contributed by atoms with Crippen LogP contribution in [-0.4, -0.2) is 29.0 Å². The van der Waals surface area contributed by atoms with Crippen molar-refractivity contribution in [3.05, 3.63) is 94.2 Å². The van der Waals surface area contributed by atoms with Crippen molar-refractivity contribution in [2.45, 2.75) is 17.1 Å². The molecule has 1 fully saturated rings. The van der Waals surface area contributed by atoms with Crippen LogP contribution in [0.5, 0.6) is 5.75 Å². The molecule has 5 rings (SSSR count). The highest BCUT2D eigenvalue weighted by atomic mass is 79.9. The fourth-order valence-corrected chi connectivity index (χ4v) is 5.24. The molecule has 156 valence electrons. The van der Waals surface area contributed by atoms with E-state index in [1.165, 1.54) is 25.6 Å². The Morgan fingerprint density at radius 1 is 1.13 bits per heavy atom. The first-order valence-electron chi connectivity index (χ1n) is 9.74. The van der Waals surface area contributed by atoms with Gasteiger partial charge < -0.3 is 14.6 Å². The average Bonchev–Trinajstić information content (AvgIpc) is 2.93. The van der Waals surface area contributed by atoms with Crippen molar-refractivity contribution >= 4 is 27.7 Å². The van der Waals surface area contributed by atoms with Crippen molar-refractivity contribution in [2.24, 2.45) is 5.92 Å². The Morgan fingerprint density at radius 3 is 2.52 bits per heavy atom. The maximum atomic E-state index is 14.1. The number of nitrogens with zero attached hydrogens (tertiary/aromatic N) is 1. The first-order valence-corrected chi connectivity index (χ1v) is 10.5. The minimum Gasteiger partial charge on any atom is -0.472 e. The third kappa shape index (κ3) is 2.56. The van der Waals surface area contributed by atoms with Gasteiger partial charge in [0.15, 0.2) is 5.60 Å². The van der Waals surface area contributed by atoms with Crippen molar-refractivity contribution in [3.63, 3.8) is 0 Å². The number of carbonyl (C=O) groups is 2. The minimum absolute atomic E-state index is 0.217. The first kappa shape index (κ1) is 19.9. The number of aromatic nitrogens is 1. The van der Waals surface area contributed by atoms with Gasteiger partial charge >= 0.3 is 5.97 Å². The van der Waals surface area contributed by atoms with Gasteiger partial charge in [-0.3, -0.25) is 14.6 Å². The molecule has 1 N–H and O–H groups in total. The van der Waals surface area contributed by atoms with E-state index in [0.717, 1.165) is 4.47 Å². The number of pyridine rings is 1. The monoisotopic (exact) mass is 479 g/mol. The van der Waals surface area contributed by atoms with E-state index in [4.69, 9.17) is 9.47 Å². The number of ketones is 1. The Balaban J connectivity index is 1.89. The summed E-state index contributed by atoms with van der Waals surface area (Å²) >= 11 is 3.42. The number of fused-ring (bicyclic) bond motifs is 4. The largest absolute Gasteiger partial charge is 0.472 e. The molecule has 7 heteroatoms. The summed E-state index contributed by atoms with van der Waals surface area (Å²) in [5.74, 6) is -3.05. The van der Waals surface area contributed by atoms with Gasteiger partial charge in [-0.15, -0.1) is 0 Å². The lowest BCUT2D eigenvalue weighted by Gasteiger charge is -2.39. The van der Waals surface area contributed by atoms with Crippen LogP contribution in [0.4, 0.5) is 0 Å². The van der Waals surface area contributed by atoms with Crippen molar-refractivity contribution in [2.75, 3.05) is 7.11 Å². The van der Waals surface area contributed by atoms with E-state index < -0.39 is 34.8 Å². The zero-order valence-electron chi connectivity index (χ0n) is 16.5. The highest BCUT2D eigenvalue weighted by molar-refractivity contribution is 9.10. The third-order valence-corrected chi connectivity index (χ3v) is 6.79. The summed E-state index contributed by atoms with van der Waals surface area (Å²) in [7, 11) is 1.25. The number of Topliss-reactive ketones (excluding diaryl/α,β-unsaturated/α-hetero) is 1. The molecule has 1 aliphatic carbocycles. The summed E-state index contributed by atoms with van der Waals surface area (Å²) in [5, 5.41) is 11.9. The molecule has 0 amide bonds. The smallest absolute Gasteiger partial charge is 0.313 e. The van der Waals surface area contributed by atoms with Crippen LogP contribution < -0.4 is 4.74 Å². The summed E-state index contributed by atoms with van der Waals surface area (Å²) in [5.41, 5.74) is -2.32. The zero-order valence-corrected chi connectivity index (χ0v) is 18.1. The van der Waals surface area contributed by atoms with Crippen LogP contribution in [0.1, 0.15) is 22.6 Å². The molecule has 31 heavy (non-hydrogen) atoms. The van der Waals surface area contributed by atoms with Gasteiger partial charge in [0.05, 0.1) is 19.2 Å². The highest BCUT2D eigenvalue weighted by Crippen LogP contribution is 2.64. The lowest BCUT2D eigenvalue weighted by atomic mass is 9.75. The molecule has 1 aromatic heterocycles. The maximum Gasteiger partial charge on any atom is 0.313 e. The maximum absolute atomic E-state index is 14.1. The van der Waals surface area contributed by atoms with E-state index in [2.05, 4.69) is 20.9 Å². The van der Waals surface area contributed by atoms with E-state index in [1.807, 2.05) is 30.3 Å². The van der Waals surface area contributed by atoms with Crippen LogP contribution >= 0.6 is 15.9 Å². The van der Waals surface area contributed by atoms with E-state index >= 15 is 0 Å². The molecule has 1 aliphatic heterocycles. The topological polar surface area (TPSA) is 85.7 Å². The zero-order chi connectivity index (χ0) is 21.8. The fourth-order valence-electron chi connectivity index (χ4n) is 4.98. The summed E-state index contributed by atoms with van der Waals surface area (Å²) in [4.78, 5) is 31.3. The number of esters is 1. The van der Waals surface area contributed by atoms with Crippen LogP contribution in [0.25, 0.3) is 0 Å². The Morgan fingerprint density at radius 2 is 1.84 bits per heavy atom. The quantitative estimate of drug-likeness (QED) is 0.578. The van der Waals surface area contributed by atoms with Crippen LogP contribution in [0.2, 0.25) is 0 Å². The Labute approximate surface area is 187 Å². The fraction of sp³-hybridized carbons (Fsp3) is 0.208. The second-order valence-corrected chi connectivity index (χ2v) is 8.62. The van der Waals surface area contributed by atoms with Crippen LogP contribution in [-0.2, 0) is 25.5 Å². The summed E-state index contributed by atoms with van der Waals surface area (Å²) in [6, 6.07) is 17.8. The van der Waals surface area contributed by atoms with Gasteiger partial charge in [0.1, 0.15) is 11.7 Å². The molecule has 2 aliphatic rings. The van der Waals surface area contributed by atoms with Crippen molar-refractivity contribution in [3.8, 4) is 5.75 Å². The molecule has 0 unspecified atom stereocenters. The van der Waals surface area contributed by atoms with Gasteiger partial charge in [-0.1, -0.05) is 58.4 Å². The molecule has 2 aromatic carbocycles. The number of hydrogen-bond donors (Lipinski definition) is 1. The molecule has 2 bridgehead atoms. The minimum atomic E-state index is -2.13. The van der Waals surface area contributed by atoms with Gasteiger partial charge in [-0.2, -0.15) is 0 Å². The number of halogens is 1. The molecule has 3 aromatic rings. The van der Waals surface area contributed by atoms with Gasteiger partial charge in [0.2, 0.25) is 11.4 Å². The average molecular weight is 480 g/mol. The van der Waals surface area contributed by atoms with Crippen molar-refractivity contribution in [1.29, 1.82) is 0 Å². The molecule has 6 nitrogen and oxygen atoms in total. The van der Waals surface area contributed by atoms with Gasteiger partial charge in [-0.25, -0.2) is 0 Å². The van der Waals surface area contributed by atoms with E-state index in [0.29, 0.717) is 11.1 Å². The molecule has 2 heterocycles. The van der Waals surface area contributed by atoms with E-state index in [-0.39, 0.29) is 11.3 Å². The summed E-state index contributed by atoms with van der Waals surface area (Å²) < 4.78 is 12.3. The molecular formula is C24H18BrNO5. The van der Waals surface area contributed by atoms with Crippen molar-refractivity contribution in [1.82, 2.24) is 4.98 Å². The Kier molecular flexibility index (Phi) is 4.50. The molecule has 0 spiro atoms. The number of aliphatic hydroxyl groups is 1. The number of ether oxygens (including phenoxy) is 2. The van der Waals surface area contributed by atoms with Gasteiger partial charge in [-0.05, 0) is 23.8 Å². The second kappa shape index (κ2) is 7.00. The van der Waals surface area contributed by atoms with Gasteiger partial charge in [0.25, 0.3) is 0 Å². The third-order valence-electron chi connectivity index (χ3n) is 6.26. The number of rotatable bonds is 3. The summed E-state index contributed by atoms with van der Waals surface area (Å²) in [6.07, 6.45) is 2.92. The second-order valence-electron chi connectivity index (χ2n) is 7.70. The van der Waals surface area contributed by atoms with Gasteiger partial charge in [0, 0.05) is 21.8 Å². The number of benzene rings is 2. The van der Waals surface area contributed by atoms with Crippen LogP contribution in [0.3, 0.4) is 0 Å². The normalized spacial score (nSPS) is 28.5. The lowest BCUT2D eigenvalue weighted by molar-refractivity contribution is -0.162. The number of methoxy groups -OCH3 is 1. The summed E-state index contributed by atoms with van der Waals surface area (Å²) in [6.45, 7) is 0. The number of carbonyl (C=O) groups excluding carboxylic acids is 2. The predicted molar refractivity (Wildman–Crippen MR) is 114 cm³/mol. The van der Waals surface area contributed by atoms with Crippen molar-refractivity contribution < 1.29 is 24.2 Å². The van der Waals surface area contributed by atoms with E-state index in [9.17, 15) is 14.7 Å². The lowest BCUT2D eigenvalue weighted by Crippen LogP contribution is -2.51. The molecule has 0 radical (unpaired) electrons. The van der Waals surface area contributed by atoms with E-state index in [1.54, 1.807) is 24.3 Å². The van der Waals surface area contributed by atoms with Crippen LogP contribution in [0, 0.1) is 5.92 Å². The SMILES string of the molecule is COC(=O)[C@H]1[C@@H](c2ccccc2)[C@@]2(c3ccc(Br)cc3)Oc3cnccc3[C@@]1(O)C2=O. The Bertz CT molecular complexity index is 1180. The molecule has 1 saturated carbocycles. The standard InChI is InChI=1S/C24H18BrNO5/c1-30-21(27)20-19(14-5-3-2-4-6-14)24(15-7-9-16(25)10-8-15)22(28)23(20,29)17-11-12-26-13-18(17)31-24/h2-13,19-20,29H,1H3/t19-,20-,23+,24-/m1/s1. The Hall–Kier alpha value is -3.03. The predicted octanol–water partition coefficient (Wildman–Crippen LogP) is 3.48. The number of hydrogen-bond acceptors (Lipinski definition) is 6. The molecule has 0 saturated heterocycles. The van der Waals surface area contributed by atoms with Crippen LogP contribution in [0.15, 0.2) is 77.5 Å². The molecule has 4 atom stereocenters. The highest BCUT2D eigenvalue weighted by Gasteiger charge is 2.76. The first-order chi connectivity index (χ1) is 14.9. The molecular weight excluding hydrogens is 462 g/mol.